The van der Waals surface area contributed by atoms with Crippen molar-refractivity contribution in [1.82, 2.24) is 10.6 Å². The molecule has 1 aromatic rings. The number of halogens is 4. The molecule has 0 saturated carbocycles. The van der Waals surface area contributed by atoms with Crippen LogP contribution in [-0.2, 0) is 0 Å². The van der Waals surface area contributed by atoms with Crippen molar-refractivity contribution in [2.75, 3.05) is 19.6 Å². The van der Waals surface area contributed by atoms with Crippen LogP contribution >= 0.6 is 24.0 Å². The van der Waals surface area contributed by atoms with Gasteiger partial charge < -0.3 is 10.6 Å². The first-order valence-electron chi connectivity index (χ1n) is 4.77. The summed E-state index contributed by atoms with van der Waals surface area (Å²) >= 11 is 5.75. The van der Waals surface area contributed by atoms with Gasteiger partial charge in [0.05, 0.1) is 5.02 Å². The van der Waals surface area contributed by atoms with E-state index in [9.17, 15) is 8.78 Å². The van der Waals surface area contributed by atoms with Gasteiger partial charge in [-0.2, -0.15) is 0 Å². The van der Waals surface area contributed by atoms with E-state index in [4.69, 9.17) is 11.6 Å². The van der Waals surface area contributed by atoms with Gasteiger partial charge in [0.25, 0.3) is 0 Å². The quantitative estimate of drug-likeness (QED) is 0.764. The second-order valence-electron chi connectivity index (χ2n) is 3.47. The summed E-state index contributed by atoms with van der Waals surface area (Å²) in [5.41, 5.74) is 0.212. The molecule has 0 aromatic heterocycles. The molecule has 1 atom stereocenters. The number of nitrogens with one attached hydrogen (secondary N) is 2. The minimum absolute atomic E-state index is 0. The van der Waals surface area contributed by atoms with Gasteiger partial charge >= 0.3 is 0 Å². The molecule has 0 aliphatic carbocycles. The van der Waals surface area contributed by atoms with E-state index >= 15 is 0 Å². The van der Waals surface area contributed by atoms with Crippen LogP contribution < -0.4 is 10.6 Å². The summed E-state index contributed by atoms with van der Waals surface area (Å²) in [6, 6.07) is 1.88. The summed E-state index contributed by atoms with van der Waals surface area (Å²) in [6.07, 6.45) is 0. The van der Waals surface area contributed by atoms with Gasteiger partial charge in [-0.05, 0) is 12.1 Å². The maximum atomic E-state index is 13.5. The van der Waals surface area contributed by atoms with Crippen LogP contribution in [0.15, 0.2) is 12.1 Å². The topological polar surface area (TPSA) is 24.1 Å². The molecule has 2 N–H and O–H groups in total. The third-order valence-corrected chi connectivity index (χ3v) is 2.85. The zero-order valence-corrected chi connectivity index (χ0v) is 9.97. The second kappa shape index (κ2) is 5.77. The summed E-state index contributed by atoms with van der Waals surface area (Å²) in [6.45, 7) is 2.10. The lowest BCUT2D eigenvalue weighted by atomic mass is 10.0. The van der Waals surface area contributed by atoms with E-state index in [1.54, 1.807) is 0 Å². The standard InChI is InChI=1S/C10H11ClF2N2.ClH/c11-10-7(13)2-1-6(12)9(10)8-5-14-3-4-15-8;/h1-2,8,14-15H,3-5H2;1H/t8-;/m1./s1. The Kier molecular flexibility index (Phi) is 4.92. The third kappa shape index (κ3) is 2.63. The number of hydrogen-bond acceptors (Lipinski definition) is 2. The molecule has 2 nitrogen and oxygen atoms in total. The van der Waals surface area contributed by atoms with Crippen molar-refractivity contribution < 1.29 is 8.78 Å². The molecule has 90 valence electrons. The number of hydrogen-bond donors (Lipinski definition) is 2. The lowest BCUT2D eigenvalue weighted by Crippen LogP contribution is -2.43. The fourth-order valence-electron chi connectivity index (χ4n) is 1.72. The van der Waals surface area contributed by atoms with Gasteiger partial charge in [0, 0.05) is 31.2 Å². The molecule has 1 aromatic carbocycles. The molecule has 0 bridgehead atoms. The van der Waals surface area contributed by atoms with Crippen LogP contribution in [0.1, 0.15) is 11.6 Å². The molecular formula is C10H12Cl2F2N2. The molecule has 1 fully saturated rings. The maximum Gasteiger partial charge on any atom is 0.142 e. The number of benzene rings is 1. The van der Waals surface area contributed by atoms with Crippen LogP contribution in [0.25, 0.3) is 0 Å². The predicted octanol–water partition coefficient (Wildman–Crippen LogP) is 2.27. The zero-order chi connectivity index (χ0) is 10.8. The molecule has 1 aliphatic rings. The molecule has 0 amide bonds. The lowest BCUT2D eigenvalue weighted by molar-refractivity contribution is 0.415. The Labute approximate surface area is 104 Å². The van der Waals surface area contributed by atoms with Crippen LogP contribution in [0.5, 0.6) is 0 Å². The highest BCUT2D eigenvalue weighted by Crippen LogP contribution is 2.28. The maximum absolute atomic E-state index is 13.5. The average molecular weight is 269 g/mol. The molecule has 0 unspecified atom stereocenters. The van der Waals surface area contributed by atoms with Gasteiger partial charge in [-0.1, -0.05) is 11.6 Å². The van der Waals surface area contributed by atoms with Gasteiger partial charge in [-0.15, -0.1) is 12.4 Å². The van der Waals surface area contributed by atoms with Crippen molar-refractivity contribution in [2.45, 2.75) is 6.04 Å². The van der Waals surface area contributed by atoms with Crippen molar-refractivity contribution in [3.05, 3.63) is 34.4 Å². The Morgan fingerprint density at radius 2 is 1.88 bits per heavy atom. The highest BCUT2D eigenvalue weighted by molar-refractivity contribution is 6.31. The molecule has 1 heterocycles. The first-order valence-corrected chi connectivity index (χ1v) is 5.15. The van der Waals surface area contributed by atoms with Crippen molar-refractivity contribution >= 4 is 24.0 Å². The van der Waals surface area contributed by atoms with E-state index in [-0.39, 0.29) is 29.0 Å². The average Bonchev–Trinajstić information content (AvgIpc) is 2.26. The fraction of sp³-hybridized carbons (Fsp3) is 0.400. The van der Waals surface area contributed by atoms with Gasteiger partial charge in [-0.25, -0.2) is 8.78 Å². The minimum atomic E-state index is -0.583. The van der Waals surface area contributed by atoms with Crippen molar-refractivity contribution in [3.8, 4) is 0 Å². The van der Waals surface area contributed by atoms with Crippen LogP contribution in [0.2, 0.25) is 5.02 Å². The Hall–Kier alpha value is -0.420. The van der Waals surface area contributed by atoms with Gasteiger partial charge in [0.2, 0.25) is 0 Å². The van der Waals surface area contributed by atoms with Gasteiger partial charge in [0.15, 0.2) is 0 Å². The van der Waals surface area contributed by atoms with Gasteiger partial charge in [0.1, 0.15) is 11.6 Å². The van der Waals surface area contributed by atoms with E-state index in [1.165, 1.54) is 0 Å². The predicted molar refractivity (Wildman–Crippen MR) is 62.2 cm³/mol. The van der Waals surface area contributed by atoms with Crippen LogP contribution in [-0.4, -0.2) is 19.6 Å². The Morgan fingerprint density at radius 1 is 1.19 bits per heavy atom. The van der Waals surface area contributed by atoms with E-state index < -0.39 is 11.6 Å². The first kappa shape index (κ1) is 13.6. The second-order valence-corrected chi connectivity index (χ2v) is 3.85. The number of piperazine rings is 1. The Morgan fingerprint density at radius 3 is 2.50 bits per heavy atom. The molecule has 0 radical (unpaired) electrons. The van der Waals surface area contributed by atoms with E-state index in [2.05, 4.69) is 10.6 Å². The molecule has 2 rings (SSSR count). The van der Waals surface area contributed by atoms with Crippen LogP contribution in [0, 0.1) is 11.6 Å². The van der Waals surface area contributed by atoms with E-state index in [0.717, 1.165) is 25.2 Å². The third-order valence-electron chi connectivity index (χ3n) is 2.47. The summed E-state index contributed by atoms with van der Waals surface area (Å²) in [4.78, 5) is 0. The number of rotatable bonds is 1. The van der Waals surface area contributed by atoms with Crippen LogP contribution in [0.4, 0.5) is 8.78 Å². The smallest absolute Gasteiger partial charge is 0.142 e. The molecule has 1 saturated heterocycles. The highest BCUT2D eigenvalue weighted by Gasteiger charge is 2.22. The van der Waals surface area contributed by atoms with Crippen molar-refractivity contribution in [2.24, 2.45) is 0 Å². The molecule has 0 spiro atoms. The van der Waals surface area contributed by atoms with Gasteiger partial charge in [-0.3, -0.25) is 0 Å². The van der Waals surface area contributed by atoms with Crippen molar-refractivity contribution in [1.29, 1.82) is 0 Å². The summed E-state index contributed by atoms with van der Waals surface area (Å²) in [7, 11) is 0. The Balaban J connectivity index is 0.00000128. The first-order chi connectivity index (χ1) is 7.20. The SMILES string of the molecule is Cl.Fc1ccc(F)c([C@H]2CNCCN2)c1Cl. The Bertz CT molecular complexity index is 368. The summed E-state index contributed by atoms with van der Waals surface area (Å²) in [5.74, 6) is -1.05. The minimum Gasteiger partial charge on any atom is -0.314 e. The molecule has 1 aliphatic heterocycles. The molecular weight excluding hydrogens is 257 g/mol. The summed E-state index contributed by atoms with van der Waals surface area (Å²) in [5, 5.41) is 6.06. The highest BCUT2D eigenvalue weighted by atomic mass is 35.5. The van der Waals surface area contributed by atoms with Crippen molar-refractivity contribution in [3.63, 3.8) is 0 Å². The monoisotopic (exact) mass is 268 g/mol. The normalized spacial score (nSPS) is 20.3. The molecule has 16 heavy (non-hydrogen) atoms. The van der Waals surface area contributed by atoms with E-state index in [1.807, 2.05) is 0 Å². The van der Waals surface area contributed by atoms with Crippen LogP contribution in [0.3, 0.4) is 0 Å². The lowest BCUT2D eigenvalue weighted by Gasteiger charge is -2.26. The largest absolute Gasteiger partial charge is 0.314 e. The zero-order valence-electron chi connectivity index (χ0n) is 8.40. The van der Waals surface area contributed by atoms with E-state index in [0.29, 0.717) is 6.54 Å². The summed E-state index contributed by atoms with van der Waals surface area (Å²) < 4.78 is 26.7. The fourth-order valence-corrected chi connectivity index (χ4v) is 2.00. The molecule has 6 heteroatoms.